The number of benzene rings is 6. The van der Waals surface area contributed by atoms with E-state index >= 15 is 0 Å². The first-order valence-electron chi connectivity index (χ1n) is 17.5. The van der Waals surface area contributed by atoms with E-state index in [4.69, 9.17) is 0 Å². The fourth-order valence-electron chi connectivity index (χ4n) is 5.22. The molecular formula is C51H39F3. The fourth-order valence-corrected chi connectivity index (χ4v) is 5.22. The van der Waals surface area contributed by atoms with Crippen LogP contribution in [0.4, 0.5) is 13.2 Å². The molecule has 6 aromatic carbocycles. The molecule has 0 atom stereocenters. The van der Waals surface area contributed by atoms with E-state index in [1.165, 1.54) is 22.8 Å². The van der Waals surface area contributed by atoms with Crippen molar-refractivity contribution in [2.24, 2.45) is 0 Å². The summed E-state index contributed by atoms with van der Waals surface area (Å²) in [5, 5.41) is 0. The van der Waals surface area contributed by atoms with Crippen molar-refractivity contribution in [1.29, 1.82) is 0 Å². The lowest BCUT2D eigenvalue weighted by atomic mass is 10.0. The molecule has 0 bridgehead atoms. The van der Waals surface area contributed by atoms with Crippen LogP contribution in [-0.2, 0) is 6.42 Å². The van der Waals surface area contributed by atoms with Crippen molar-refractivity contribution < 1.29 is 13.2 Å². The lowest BCUT2D eigenvalue weighted by Gasteiger charge is -2.09. The van der Waals surface area contributed by atoms with Gasteiger partial charge in [0.15, 0.2) is 0 Å². The van der Waals surface area contributed by atoms with Crippen LogP contribution in [0, 0.1) is 82.0 Å². The van der Waals surface area contributed by atoms with Gasteiger partial charge in [-0.3, -0.25) is 0 Å². The molecule has 0 aromatic heterocycles. The summed E-state index contributed by atoms with van der Waals surface area (Å²) in [6, 6.07) is 42.7. The molecule has 0 aliphatic rings. The Hall–Kier alpha value is -6.65. The van der Waals surface area contributed by atoms with Gasteiger partial charge in [-0.1, -0.05) is 118 Å². The van der Waals surface area contributed by atoms with Gasteiger partial charge in [-0.05, 0) is 131 Å². The second-order valence-electron chi connectivity index (χ2n) is 13.2. The van der Waals surface area contributed by atoms with Gasteiger partial charge >= 0.3 is 6.18 Å². The number of aryl methyl sites for hydroxylation is 5. The van der Waals surface area contributed by atoms with Crippen molar-refractivity contribution in [3.05, 3.63) is 211 Å². The maximum Gasteiger partial charge on any atom is 0.393 e. The third-order valence-electron chi connectivity index (χ3n) is 8.30. The Balaban J connectivity index is 0.000000210. The van der Waals surface area contributed by atoms with Gasteiger partial charge in [-0.2, -0.15) is 13.2 Å². The zero-order valence-corrected chi connectivity index (χ0v) is 31.0. The van der Waals surface area contributed by atoms with Crippen LogP contribution in [-0.4, -0.2) is 6.18 Å². The maximum atomic E-state index is 13.1. The van der Waals surface area contributed by atoms with E-state index < -0.39 is 12.6 Å². The van der Waals surface area contributed by atoms with Crippen molar-refractivity contribution in [2.75, 3.05) is 0 Å². The molecule has 6 aromatic rings. The molecule has 0 radical (unpaired) electrons. The normalized spacial score (nSPS) is 10.1. The number of hydrogen-bond donors (Lipinski definition) is 0. The molecule has 0 spiro atoms. The van der Waals surface area contributed by atoms with Gasteiger partial charge in [0.2, 0.25) is 0 Å². The molecule has 54 heavy (non-hydrogen) atoms. The monoisotopic (exact) mass is 708 g/mol. The second-order valence-corrected chi connectivity index (χ2v) is 13.2. The summed E-state index contributed by atoms with van der Waals surface area (Å²) in [5.41, 5.74) is 12.7. The standard InChI is InChI=1S/C26H19F3.C25H20/c1-19-3-7-21(8-4-19)11-12-23-14-16-24(25(17-23)18-26(27,28)29)15-13-22-9-5-20(2)6-10-22;1-19-4-7-22(8-5-19)9-10-23-11-13-24(14-12-23)15-17-25-16-6-20(2)18-21(25)3/h3-10,14,16-17H,18H2,1-2H3;4-8,11-14,16,18H,1-3H3. The van der Waals surface area contributed by atoms with Gasteiger partial charge in [0.05, 0.1) is 6.42 Å². The number of rotatable bonds is 1. The SMILES string of the molecule is Cc1ccc(C#Cc2ccc(C#Cc3ccc(C)cc3)c(CC(F)(F)F)c2)cc1.Cc1ccc(C#Cc2ccc(C#Cc3ccc(C)cc3C)cc2)cc1. The van der Waals surface area contributed by atoms with E-state index in [2.05, 4.69) is 98.5 Å². The van der Waals surface area contributed by atoms with Gasteiger partial charge in [0, 0.05) is 44.5 Å². The fraction of sp³-hybridized carbons (Fsp3) is 0.137. The zero-order chi connectivity index (χ0) is 38.5. The second kappa shape index (κ2) is 18.2. The van der Waals surface area contributed by atoms with Crippen LogP contribution in [0.3, 0.4) is 0 Å². The number of hydrogen-bond acceptors (Lipinski definition) is 0. The Kier molecular flexibility index (Phi) is 13.0. The minimum Gasteiger partial charge on any atom is -0.171 e. The topological polar surface area (TPSA) is 0 Å². The van der Waals surface area contributed by atoms with Crippen molar-refractivity contribution in [3.63, 3.8) is 0 Å². The van der Waals surface area contributed by atoms with E-state index in [1.807, 2.05) is 98.8 Å². The minimum absolute atomic E-state index is 0.132. The number of alkyl halides is 3. The Bertz CT molecular complexity index is 2470. The molecule has 0 heterocycles. The van der Waals surface area contributed by atoms with E-state index in [1.54, 1.807) is 12.1 Å². The zero-order valence-electron chi connectivity index (χ0n) is 31.0. The molecule has 6 rings (SSSR count). The van der Waals surface area contributed by atoms with Crippen LogP contribution in [0.5, 0.6) is 0 Å². The first kappa shape index (κ1) is 38.6. The summed E-state index contributed by atoms with van der Waals surface area (Å²) in [4.78, 5) is 0. The van der Waals surface area contributed by atoms with Gasteiger partial charge < -0.3 is 0 Å². The van der Waals surface area contributed by atoms with E-state index in [0.29, 0.717) is 11.1 Å². The Morgan fingerprint density at radius 3 is 1.07 bits per heavy atom. The summed E-state index contributed by atoms with van der Waals surface area (Å²) in [7, 11) is 0. The third-order valence-corrected chi connectivity index (χ3v) is 8.30. The third kappa shape index (κ3) is 12.5. The predicted octanol–water partition coefficient (Wildman–Crippen LogP) is 11.6. The highest BCUT2D eigenvalue weighted by atomic mass is 19.4. The summed E-state index contributed by atoms with van der Waals surface area (Å²) in [6.07, 6.45) is -5.35. The molecule has 3 heteroatoms. The van der Waals surface area contributed by atoms with Crippen molar-refractivity contribution in [2.45, 2.75) is 47.2 Å². The smallest absolute Gasteiger partial charge is 0.171 e. The highest BCUT2D eigenvalue weighted by Crippen LogP contribution is 2.24. The lowest BCUT2D eigenvalue weighted by Crippen LogP contribution is -2.12. The van der Waals surface area contributed by atoms with Gasteiger partial charge in [0.25, 0.3) is 0 Å². The highest BCUT2D eigenvalue weighted by molar-refractivity contribution is 5.53. The summed E-state index contributed by atoms with van der Waals surface area (Å²) in [6.45, 7) is 10.2. The average molecular weight is 709 g/mol. The van der Waals surface area contributed by atoms with Gasteiger partial charge in [-0.15, -0.1) is 0 Å². The summed E-state index contributed by atoms with van der Waals surface area (Å²) in [5.74, 6) is 24.6. The van der Waals surface area contributed by atoms with E-state index in [-0.39, 0.29) is 5.56 Å². The molecule has 0 nitrogen and oxygen atoms in total. The maximum absolute atomic E-state index is 13.1. The molecule has 0 N–H and O–H groups in total. The minimum atomic E-state index is -4.32. The van der Waals surface area contributed by atoms with Gasteiger partial charge in [0.1, 0.15) is 0 Å². The van der Waals surface area contributed by atoms with E-state index in [9.17, 15) is 13.2 Å². The molecule has 0 amide bonds. The molecule has 0 fully saturated rings. The summed E-state index contributed by atoms with van der Waals surface area (Å²) >= 11 is 0. The van der Waals surface area contributed by atoms with Crippen molar-refractivity contribution in [3.8, 4) is 47.4 Å². The molecule has 264 valence electrons. The molecule has 0 unspecified atom stereocenters. The predicted molar refractivity (Wildman–Crippen MR) is 216 cm³/mol. The van der Waals surface area contributed by atoms with Crippen LogP contribution in [0.25, 0.3) is 0 Å². The van der Waals surface area contributed by atoms with Crippen LogP contribution in [0.2, 0.25) is 0 Å². The highest BCUT2D eigenvalue weighted by Gasteiger charge is 2.28. The first-order chi connectivity index (χ1) is 25.9. The van der Waals surface area contributed by atoms with E-state index in [0.717, 1.165) is 44.5 Å². The molecule has 0 saturated heterocycles. The average Bonchev–Trinajstić information content (AvgIpc) is 3.14. The van der Waals surface area contributed by atoms with Crippen LogP contribution in [0.15, 0.2) is 133 Å². The summed E-state index contributed by atoms with van der Waals surface area (Å²) < 4.78 is 39.2. The first-order valence-corrected chi connectivity index (χ1v) is 17.5. The Labute approximate surface area is 318 Å². The van der Waals surface area contributed by atoms with Crippen LogP contribution >= 0.6 is 0 Å². The number of halogens is 3. The molecule has 0 aliphatic carbocycles. The Morgan fingerprint density at radius 1 is 0.352 bits per heavy atom. The quantitative estimate of drug-likeness (QED) is 0.149. The van der Waals surface area contributed by atoms with Crippen molar-refractivity contribution in [1.82, 2.24) is 0 Å². The molecule has 0 aliphatic heterocycles. The lowest BCUT2D eigenvalue weighted by molar-refractivity contribution is -0.127. The van der Waals surface area contributed by atoms with Crippen LogP contribution < -0.4 is 0 Å². The largest absolute Gasteiger partial charge is 0.393 e. The van der Waals surface area contributed by atoms with Gasteiger partial charge in [-0.25, -0.2) is 0 Å². The van der Waals surface area contributed by atoms with Crippen molar-refractivity contribution >= 4 is 0 Å². The van der Waals surface area contributed by atoms with Crippen LogP contribution in [0.1, 0.15) is 77.9 Å². The molecular weight excluding hydrogens is 670 g/mol. The molecule has 0 saturated carbocycles. The Morgan fingerprint density at radius 2 is 0.667 bits per heavy atom.